The number of hydroxylamine groups is 1. The summed E-state index contributed by atoms with van der Waals surface area (Å²) in [6.07, 6.45) is 2.00. The molecule has 1 aliphatic heterocycles. The molecule has 1 rings (SSSR count). The quantitative estimate of drug-likeness (QED) is 0.472. The van der Waals surface area contributed by atoms with Crippen LogP contribution in [-0.4, -0.2) is 24.7 Å². The van der Waals surface area contributed by atoms with Crippen molar-refractivity contribution in [2.75, 3.05) is 6.61 Å². The van der Waals surface area contributed by atoms with E-state index in [-0.39, 0.29) is 6.42 Å². The number of primary amides is 1. The molecule has 1 unspecified atom stereocenters. The summed E-state index contributed by atoms with van der Waals surface area (Å²) in [5, 5.41) is 0. The summed E-state index contributed by atoms with van der Waals surface area (Å²) >= 11 is 0. The topological polar surface area (TPSA) is 90.7 Å². The Morgan fingerprint density at radius 1 is 1.50 bits per heavy atom. The van der Waals surface area contributed by atoms with Crippen LogP contribution in [0.4, 0.5) is 0 Å². The first-order chi connectivity index (χ1) is 6.68. The second-order valence-corrected chi connectivity index (χ2v) is 3.08. The van der Waals surface area contributed by atoms with Crippen LogP contribution in [0.15, 0.2) is 0 Å². The summed E-state index contributed by atoms with van der Waals surface area (Å²) in [5.74, 6) is -1.23. The Morgan fingerprint density at radius 2 is 2.29 bits per heavy atom. The van der Waals surface area contributed by atoms with Gasteiger partial charge in [-0.25, -0.2) is 10.3 Å². The van der Waals surface area contributed by atoms with Gasteiger partial charge in [0.25, 0.3) is 5.91 Å². The first kappa shape index (κ1) is 10.9. The van der Waals surface area contributed by atoms with Crippen molar-refractivity contribution in [2.24, 2.45) is 5.73 Å². The molecule has 0 radical (unpaired) electrons. The molecule has 0 bridgehead atoms. The van der Waals surface area contributed by atoms with Crippen LogP contribution < -0.4 is 11.2 Å². The highest BCUT2D eigenvalue weighted by Crippen LogP contribution is 2.12. The van der Waals surface area contributed by atoms with E-state index < -0.39 is 18.1 Å². The molecular formula is C8H14N2O4. The van der Waals surface area contributed by atoms with E-state index in [4.69, 9.17) is 15.3 Å². The molecule has 1 fully saturated rings. The fourth-order valence-corrected chi connectivity index (χ4v) is 1.13. The molecule has 6 heteroatoms. The van der Waals surface area contributed by atoms with Crippen molar-refractivity contribution < 1.29 is 19.2 Å². The zero-order valence-corrected chi connectivity index (χ0v) is 7.82. The lowest BCUT2D eigenvalue weighted by atomic mass is 10.2. The van der Waals surface area contributed by atoms with Crippen molar-refractivity contribution in [2.45, 2.75) is 32.0 Å². The molecule has 0 aromatic rings. The van der Waals surface area contributed by atoms with Crippen LogP contribution in [0.25, 0.3) is 0 Å². The Labute approximate surface area is 81.7 Å². The van der Waals surface area contributed by atoms with Gasteiger partial charge in [-0.3, -0.25) is 9.59 Å². The highest BCUT2D eigenvalue weighted by Gasteiger charge is 2.16. The van der Waals surface area contributed by atoms with Gasteiger partial charge in [0.1, 0.15) is 6.42 Å². The van der Waals surface area contributed by atoms with E-state index in [2.05, 4.69) is 5.48 Å². The highest BCUT2D eigenvalue weighted by molar-refractivity contribution is 5.95. The molecule has 6 nitrogen and oxygen atoms in total. The average Bonchev–Trinajstić information content (AvgIpc) is 2.15. The van der Waals surface area contributed by atoms with Gasteiger partial charge in [0.05, 0.1) is 0 Å². The molecule has 0 spiro atoms. The summed E-state index contributed by atoms with van der Waals surface area (Å²) < 4.78 is 5.18. The first-order valence-corrected chi connectivity index (χ1v) is 4.53. The second-order valence-electron chi connectivity index (χ2n) is 3.08. The Kier molecular flexibility index (Phi) is 4.34. The van der Waals surface area contributed by atoms with Crippen LogP contribution >= 0.6 is 0 Å². The monoisotopic (exact) mass is 202 g/mol. The molecule has 14 heavy (non-hydrogen) atoms. The smallest absolute Gasteiger partial charge is 0.253 e. The summed E-state index contributed by atoms with van der Waals surface area (Å²) in [5.41, 5.74) is 6.93. The van der Waals surface area contributed by atoms with E-state index >= 15 is 0 Å². The van der Waals surface area contributed by atoms with Gasteiger partial charge in [0.2, 0.25) is 5.91 Å². The number of nitrogens with two attached hydrogens (primary N) is 1. The SMILES string of the molecule is NC(=O)CC(=O)NOC1CCCCO1. The van der Waals surface area contributed by atoms with Crippen LogP contribution in [0.1, 0.15) is 25.7 Å². The molecule has 80 valence electrons. The summed E-state index contributed by atoms with van der Waals surface area (Å²) in [6, 6.07) is 0. The normalized spacial score (nSPS) is 21.6. The Balaban J connectivity index is 2.12. The van der Waals surface area contributed by atoms with Gasteiger partial charge in [-0.15, -0.1) is 0 Å². The molecule has 1 aliphatic rings. The van der Waals surface area contributed by atoms with Crippen LogP contribution in [0.5, 0.6) is 0 Å². The zero-order chi connectivity index (χ0) is 10.4. The van der Waals surface area contributed by atoms with Crippen molar-refractivity contribution in [3.05, 3.63) is 0 Å². The maximum Gasteiger partial charge on any atom is 0.253 e. The van der Waals surface area contributed by atoms with Gasteiger partial charge < -0.3 is 10.5 Å². The van der Waals surface area contributed by atoms with Crippen molar-refractivity contribution in [1.29, 1.82) is 0 Å². The molecule has 0 aromatic heterocycles. The molecule has 3 N–H and O–H groups in total. The summed E-state index contributed by atoms with van der Waals surface area (Å²) in [7, 11) is 0. The Hall–Kier alpha value is -1.14. The molecular weight excluding hydrogens is 188 g/mol. The zero-order valence-electron chi connectivity index (χ0n) is 7.82. The third kappa shape index (κ3) is 4.20. The molecule has 1 heterocycles. The van der Waals surface area contributed by atoms with Crippen molar-refractivity contribution in [3.63, 3.8) is 0 Å². The van der Waals surface area contributed by atoms with Crippen LogP contribution in [0.2, 0.25) is 0 Å². The number of hydrogen-bond acceptors (Lipinski definition) is 4. The minimum Gasteiger partial charge on any atom is -0.369 e. The Bertz CT molecular complexity index is 213. The van der Waals surface area contributed by atoms with E-state index in [0.29, 0.717) is 6.61 Å². The van der Waals surface area contributed by atoms with E-state index in [9.17, 15) is 9.59 Å². The Morgan fingerprint density at radius 3 is 2.86 bits per heavy atom. The highest BCUT2D eigenvalue weighted by atomic mass is 16.8. The first-order valence-electron chi connectivity index (χ1n) is 4.53. The lowest BCUT2D eigenvalue weighted by Gasteiger charge is -2.21. The fourth-order valence-electron chi connectivity index (χ4n) is 1.13. The molecule has 0 aliphatic carbocycles. The van der Waals surface area contributed by atoms with E-state index in [1.807, 2.05) is 0 Å². The molecule has 2 amide bonds. The predicted octanol–water partition coefficient (Wildman–Crippen LogP) is -0.564. The second kappa shape index (κ2) is 5.56. The van der Waals surface area contributed by atoms with Crippen molar-refractivity contribution in [3.8, 4) is 0 Å². The van der Waals surface area contributed by atoms with Crippen LogP contribution in [-0.2, 0) is 19.2 Å². The number of nitrogens with one attached hydrogen (secondary N) is 1. The minimum absolute atomic E-state index is 0.368. The van der Waals surface area contributed by atoms with E-state index in [1.54, 1.807) is 0 Å². The van der Waals surface area contributed by atoms with Gasteiger partial charge in [0, 0.05) is 13.0 Å². The summed E-state index contributed by atoms with van der Waals surface area (Å²) in [4.78, 5) is 26.2. The third-order valence-corrected chi connectivity index (χ3v) is 1.78. The predicted molar refractivity (Wildman–Crippen MR) is 46.6 cm³/mol. The lowest BCUT2D eigenvalue weighted by molar-refractivity contribution is -0.200. The van der Waals surface area contributed by atoms with E-state index in [0.717, 1.165) is 19.3 Å². The molecule has 0 saturated carbocycles. The number of rotatable bonds is 4. The van der Waals surface area contributed by atoms with Gasteiger partial charge in [-0.1, -0.05) is 0 Å². The van der Waals surface area contributed by atoms with Crippen LogP contribution in [0.3, 0.4) is 0 Å². The number of carbonyl (C=O) groups is 2. The van der Waals surface area contributed by atoms with Gasteiger partial charge >= 0.3 is 0 Å². The van der Waals surface area contributed by atoms with E-state index in [1.165, 1.54) is 0 Å². The molecule has 0 aromatic carbocycles. The number of hydrogen-bond donors (Lipinski definition) is 2. The minimum atomic E-state index is -0.685. The lowest BCUT2D eigenvalue weighted by Crippen LogP contribution is -2.34. The van der Waals surface area contributed by atoms with Crippen molar-refractivity contribution in [1.82, 2.24) is 5.48 Å². The van der Waals surface area contributed by atoms with Gasteiger partial charge in [0.15, 0.2) is 6.29 Å². The maximum absolute atomic E-state index is 10.9. The standard InChI is InChI=1S/C8H14N2O4/c9-6(11)5-7(12)10-14-8-3-1-2-4-13-8/h8H,1-5H2,(H2,9,11)(H,10,12). The maximum atomic E-state index is 10.9. The summed E-state index contributed by atoms with van der Waals surface area (Å²) in [6.45, 7) is 0.635. The van der Waals surface area contributed by atoms with Gasteiger partial charge in [-0.05, 0) is 12.8 Å². The molecule has 1 saturated heterocycles. The van der Waals surface area contributed by atoms with Gasteiger partial charge in [-0.2, -0.15) is 0 Å². The number of ether oxygens (including phenoxy) is 1. The van der Waals surface area contributed by atoms with Crippen molar-refractivity contribution >= 4 is 11.8 Å². The largest absolute Gasteiger partial charge is 0.369 e. The average molecular weight is 202 g/mol. The van der Waals surface area contributed by atoms with Crippen LogP contribution in [0, 0.1) is 0 Å². The third-order valence-electron chi connectivity index (χ3n) is 1.78. The molecule has 1 atom stereocenters. The fraction of sp³-hybridized carbons (Fsp3) is 0.750. The number of amides is 2. The number of carbonyl (C=O) groups excluding carboxylic acids is 2.